The standard InChI is InChI=1S/C16H16O5S/c1-11-4-6-12(7-5-11)22(18,19)13-8-9-14(16(17)21-3)15(10-13)20-2/h4-10H,1-3H3. The van der Waals surface area contributed by atoms with Crippen molar-refractivity contribution in [2.24, 2.45) is 0 Å². The van der Waals surface area contributed by atoms with E-state index >= 15 is 0 Å². The molecule has 0 saturated carbocycles. The minimum atomic E-state index is -3.67. The van der Waals surface area contributed by atoms with Crippen LogP contribution in [0.4, 0.5) is 0 Å². The molecule has 2 rings (SSSR count). The van der Waals surface area contributed by atoms with Crippen LogP contribution in [0.2, 0.25) is 0 Å². The van der Waals surface area contributed by atoms with Crippen molar-refractivity contribution in [1.29, 1.82) is 0 Å². The van der Waals surface area contributed by atoms with E-state index in [0.29, 0.717) is 0 Å². The third kappa shape index (κ3) is 2.96. The molecule has 0 aliphatic carbocycles. The summed E-state index contributed by atoms with van der Waals surface area (Å²) in [6.45, 7) is 1.88. The van der Waals surface area contributed by atoms with Crippen LogP contribution in [0.25, 0.3) is 0 Å². The molecule has 6 heteroatoms. The first kappa shape index (κ1) is 16.0. The highest BCUT2D eigenvalue weighted by Gasteiger charge is 2.21. The van der Waals surface area contributed by atoms with Gasteiger partial charge in [0.05, 0.1) is 24.0 Å². The molecule has 0 saturated heterocycles. The second-order valence-corrected chi connectivity index (χ2v) is 6.62. The van der Waals surface area contributed by atoms with Gasteiger partial charge in [-0.3, -0.25) is 0 Å². The molecule has 0 radical (unpaired) electrons. The smallest absolute Gasteiger partial charge is 0.341 e. The lowest BCUT2D eigenvalue weighted by Crippen LogP contribution is -2.07. The molecule has 0 aromatic heterocycles. The van der Waals surface area contributed by atoms with Crippen molar-refractivity contribution in [2.45, 2.75) is 16.7 Å². The second-order valence-electron chi connectivity index (χ2n) is 4.67. The van der Waals surface area contributed by atoms with Crippen LogP contribution < -0.4 is 4.74 Å². The number of hydrogen-bond acceptors (Lipinski definition) is 5. The highest BCUT2D eigenvalue weighted by molar-refractivity contribution is 7.91. The summed E-state index contributed by atoms with van der Waals surface area (Å²) >= 11 is 0. The van der Waals surface area contributed by atoms with Gasteiger partial charge in [-0.2, -0.15) is 0 Å². The summed E-state index contributed by atoms with van der Waals surface area (Å²) in [5, 5.41) is 0. The van der Waals surface area contributed by atoms with Crippen molar-refractivity contribution in [2.75, 3.05) is 14.2 Å². The van der Waals surface area contributed by atoms with Crippen LogP contribution in [0.15, 0.2) is 52.3 Å². The third-order valence-electron chi connectivity index (χ3n) is 3.22. The number of carbonyl (C=O) groups excluding carboxylic acids is 1. The largest absolute Gasteiger partial charge is 0.496 e. The molecule has 5 nitrogen and oxygen atoms in total. The fourth-order valence-corrected chi connectivity index (χ4v) is 3.25. The number of hydrogen-bond donors (Lipinski definition) is 0. The fourth-order valence-electron chi connectivity index (χ4n) is 1.97. The Bertz CT molecular complexity index is 792. The Balaban J connectivity index is 2.52. The van der Waals surface area contributed by atoms with E-state index in [4.69, 9.17) is 4.74 Å². The lowest BCUT2D eigenvalue weighted by atomic mass is 10.2. The first-order valence-corrected chi connectivity index (χ1v) is 7.96. The van der Waals surface area contributed by atoms with Crippen molar-refractivity contribution >= 4 is 15.8 Å². The molecule has 22 heavy (non-hydrogen) atoms. The van der Waals surface area contributed by atoms with Crippen molar-refractivity contribution in [1.82, 2.24) is 0 Å². The van der Waals surface area contributed by atoms with Gasteiger partial charge in [0.25, 0.3) is 0 Å². The number of rotatable bonds is 4. The summed E-state index contributed by atoms with van der Waals surface area (Å²) in [5.41, 5.74) is 1.14. The number of ether oxygens (including phenoxy) is 2. The van der Waals surface area contributed by atoms with E-state index in [1.54, 1.807) is 24.3 Å². The summed E-state index contributed by atoms with van der Waals surface area (Å²) in [7, 11) is -1.06. The summed E-state index contributed by atoms with van der Waals surface area (Å²) in [6.07, 6.45) is 0. The van der Waals surface area contributed by atoms with E-state index in [1.165, 1.54) is 32.4 Å². The molecule has 0 bridgehead atoms. The molecule has 0 aliphatic heterocycles. The van der Waals surface area contributed by atoms with E-state index in [0.717, 1.165) is 5.56 Å². The number of aryl methyl sites for hydroxylation is 1. The zero-order valence-electron chi connectivity index (χ0n) is 12.5. The molecule has 116 valence electrons. The maximum atomic E-state index is 12.6. The molecule has 0 aliphatic rings. The van der Waals surface area contributed by atoms with Crippen LogP contribution in [0.1, 0.15) is 15.9 Å². The summed E-state index contributed by atoms with van der Waals surface area (Å²) in [6, 6.07) is 10.6. The molecule has 2 aromatic carbocycles. The summed E-state index contributed by atoms with van der Waals surface area (Å²) < 4.78 is 34.9. The first-order valence-electron chi connectivity index (χ1n) is 6.48. The van der Waals surface area contributed by atoms with Gasteiger partial charge in [-0.05, 0) is 31.2 Å². The van der Waals surface area contributed by atoms with Crippen LogP contribution in [0.3, 0.4) is 0 Å². The van der Waals surface area contributed by atoms with Crippen LogP contribution in [0.5, 0.6) is 5.75 Å². The molecule has 0 N–H and O–H groups in total. The van der Waals surface area contributed by atoms with Crippen molar-refractivity contribution in [3.05, 3.63) is 53.6 Å². The Hall–Kier alpha value is -2.34. The van der Waals surface area contributed by atoms with E-state index in [2.05, 4.69) is 4.74 Å². The lowest BCUT2D eigenvalue weighted by molar-refractivity contribution is 0.0597. The summed E-state index contributed by atoms with van der Waals surface area (Å²) in [5.74, 6) is -0.434. The molecule has 2 aromatic rings. The second kappa shape index (κ2) is 6.19. The Morgan fingerprint density at radius 2 is 1.55 bits per heavy atom. The number of sulfone groups is 1. The van der Waals surface area contributed by atoms with Gasteiger partial charge in [0.1, 0.15) is 11.3 Å². The zero-order chi connectivity index (χ0) is 16.3. The van der Waals surface area contributed by atoms with Crippen molar-refractivity contribution in [3.8, 4) is 5.75 Å². The molecule has 0 heterocycles. The number of benzene rings is 2. The first-order chi connectivity index (χ1) is 10.4. The van der Waals surface area contributed by atoms with Gasteiger partial charge in [-0.1, -0.05) is 17.7 Å². The van der Waals surface area contributed by atoms with Gasteiger partial charge in [-0.25, -0.2) is 13.2 Å². The van der Waals surface area contributed by atoms with Gasteiger partial charge in [0.15, 0.2) is 0 Å². The van der Waals surface area contributed by atoms with Crippen LogP contribution in [-0.4, -0.2) is 28.6 Å². The minimum Gasteiger partial charge on any atom is -0.496 e. The maximum absolute atomic E-state index is 12.6. The number of carbonyl (C=O) groups is 1. The Morgan fingerprint density at radius 1 is 0.955 bits per heavy atom. The van der Waals surface area contributed by atoms with Gasteiger partial charge in [-0.15, -0.1) is 0 Å². The predicted octanol–water partition coefficient (Wildman–Crippen LogP) is 2.62. The minimum absolute atomic E-state index is 0.0563. The van der Waals surface area contributed by atoms with Gasteiger partial charge < -0.3 is 9.47 Å². The molecule has 0 fully saturated rings. The molecule has 0 atom stereocenters. The number of methoxy groups -OCH3 is 2. The summed E-state index contributed by atoms with van der Waals surface area (Å²) in [4.78, 5) is 11.9. The normalized spacial score (nSPS) is 11.0. The average molecular weight is 320 g/mol. The lowest BCUT2D eigenvalue weighted by Gasteiger charge is -2.10. The topological polar surface area (TPSA) is 69.7 Å². The van der Waals surface area contributed by atoms with Crippen LogP contribution in [0, 0.1) is 6.92 Å². The fraction of sp³-hybridized carbons (Fsp3) is 0.188. The predicted molar refractivity (Wildman–Crippen MR) is 81.0 cm³/mol. The average Bonchev–Trinajstić information content (AvgIpc) is 2.53. The molecule has 0 unspecified atom stereocenters. The SMILES string of the molecule is COC(=O)c1ccc(S(=O)(=O)c2ccc(C)cc2)cc1OC. The van der Waals surface area contributed by atoms with E-state index in [9.17, 15) is 13.2 Å². The molecule has 0 spiro atoms. The van der Waals surface area contributed by atoms with Crippen LogP contribution >= 0.6 is 0 Å². The van der Waals surface area contributed by atoms with Gasteiger partial charge in [0, 0.05) is 6.07 Å². The van der Waals surface area contributed by atoms with Gasteiger partial charge in [0.2, 0.25) is 9.84 Å². The van der Waals surface area contributed by atoms with E-state index in [-0.39, 0.29) is 21.1 Å². The molecule has 0 amide bonds. The highest BCUT2D eigenvalue weighted by atomic mass is 32.2. The third-order valence-corrected chi connectivity index (χ3v) is 4.99. The quantitative estimate of drug-likeness (QED) is 0.810. The van der Waals surface area contributed by atoms with Gasteiger partial charge >= 0.3 is 5.97 Å². The van der Waals surface area contributed by atoms with E-state index < -0.39 is 15.8 Å². The van der Waals surface area contributed by atoms with Crippen LogP contribution in [-0.2, 0) is 14.6 Å². The monoisotopic (exact) mass is 320 g/mol. The van der Waals surface area contributed by atoms with Crippen molar-refractivity contribution in [3.63, 3.8) is 0 Å². The Morgan fingerprint density at radius 3 is 2.09 bits per heavy atom. The molecular formula is C16H16O5S. The highest BCUT2D eigenvalue weighted by Crippen LogP contribution is 2.27. The number of esters is 1. The van der Waals surface area contributed by atoms with E-state index in [1.807, 2.05) is 6.92 Å². The maximum Gasteiger partial charge on any atom is 0.341 e. The Labute approximate surface area is 129 Å². The zero-order valence-corrected chi connectivity index (χ0v) is 13.3. The molecular weight excluding hydrogens is 304 g/mol. The Kier molecular flexibility index (Phi) is 4.51. The van der Waals surface area contributed by atoms with Crippen molar-refractivity contribution < 1.29 is 22.7 Å².